The van der Waals surface area contributed by atoms with Gasteiger partial charge in [0.2, 0.25) is 5.91 Å². The molecule has 138 valence electrons. The van der Waals surface area contributed by atoms with E-state index in [-0.39, 0.29) is 11.9 Å². The van der Waals surface area contributed by atoms with Crippen molar-refractivity contribution in [2.24, 2.45) is 11.3 Å². The topological polar surface area (TPSA) is 41.1 Å². The monoisotopic (exact) mass is 342 g/mol. The number of anilines is 1. The van der Waals surface area contributed by atoms with E-state index in [1.54, 1.807) is 0 Å². The van der Waals surface area contributed by atoms with E-state index in [1.165, 1.54) is 43.2 Å². The van der Waals surface area contributed by atoms with Crippen LogP contribution in [0.25, 0.3) is 0 Å². The first-order valence-electron chi connectivity index (χ1n) is 9.97. The van der Waals surface area contributed by atoms with Crippen molar-refractivity contribution in [1.29, 1.82) is 0 Å². The normalized spacial score (nSPS) is 25.8. The van der Waals surface area contributed by atoms with Gasteiger partial charge in [0.25, 0.3) is 0 Å². The third kappa shape index (κ3) is 3.92. The van der Waals surface area contributed by atoms with Crippen molar-refractivity contribution < 1.29 is 4.79 Å². The highest BCUT2D eigenvalue weighted by Gasteiger charge is 2.42. The summed E-state index contributed by atoms with van der Waals surface area (Å²) in [6.07, 6.45) is 6.45. The molecule has 0 aliphatic heterocycles. The number of hydrogen-bond acceptors (Lipinski definition) is 2. The fourth-order valence-electron chi connectivity index (χ4n) is 5.06. The van der Waals surface area contributed by atoms with E-state index in [1.807, 2.05) is 6.92 Å². The van der Waals surface area contributed by atoms with E-state index >= 15 is 0 Å². The van der Waals surface area contributed by atoms with Gasteiger partial charge in [-0.3, -0.25) is 4.79 Å². The minimum absolute atomic E-state index is 0.0463. The molecular weight excluding hydrogens is 308 g/mol. The molecule has 0 saturated heterocycles. The van der Waals surface area contributed by atoms with Crippen LogP contribution in [0.5, 0.6) is 0 Å². The Morgan fingerprint density at radius 1 is 1.20 bits per heavy atom. The Labute approximate surface area is 153 Å². The number of rotatable bonds is 4. The van der Waals surface area contributed by atoms with Gasteiger partial charge in [-0.25, -0.2) is 0 Å². The van der Waals surface area contributed by atoms with Crippen LogP contribution in [0.1, 0.15) is 77.3 Å². The molecule has 0 spiro atoms. The minimum atomic E-state index is -0.183. The van der Waals surface area contributed by atoms with Crippen molar-refractivity contribution in [3.63, 3.8) is 0 Å². The molecule has 1 saturated carbocycles. The summed E-state index contributed by atoms with van der Waals surface area (Å²) in [4.78, 5) is 12.4. The minimum Gasteiger partial charge on any atom is -0.325 e. The number of aryl methyl sites for hydroxylation is 1. The molecule has 2 aliphatic rings. The van der Waals surface area contributed by atoms with E-state index in [4.69, 9.17) is 0 Å². The molecule has 1 fully saturated rings. The molecule has 0 radical (unpaired) electrons. The molecule has 3 heteroatoms. The summed E-state index contributed by atoms with van der Waals surface area (Å²) in [7, 11) is 0. The number of carbonyl (C=O) groups excluding carboxylic acids is 1. The van der Waals surface area contributed by atoms with Crippen molar-refractivity contribution in [3.8, 4) is 0 Å². The highest BCUT2D eigenvalue weighted by atomic mass is 16.2. The predicted molar refractivity (Wildman–Crippen MR) is 105 cm³/mol. The fraction of sp³-hybridized carbons (Fsp3) is 0.682. The summed E-state index contributed by atoms with van der Waals surface area (Å²) < 4.78 is 0. The summed E-state index contributed by atoms with van der Waals surface area (Å²) in [6.45, 7) is 10.9. The first-order chi connectivity index (χ1) is 11.8. The predicted octanol–water partition coefficient (Wildman–Crippen LogP) is 4.87. The van der Waals surface area contributed by atoms with Gasteiger partial charge >= 0.3 is 0 Å². The van der Waals surface area contributed by atoms with Crippen LogP contribution >= 0.6 is 0 Å². The molecule has 3 atom stereocenters. The molecule has 2 N–H and O–H groups in total. The van der Waals surface area contributed by atoms with E-state index in [0.717, 1.165) is 11.6 Å². The molecule has 0 heterocycles. The zero-order valence-corrected chi connectivity index (χ0v) is 16.5. The average molecular weight is 343 g/mol. The standard InChI is InChI=1S/C22H34N2O/c1-14(2)23-15(3)21(25)24-17-10-8-16-9-11-20-18(19(16)13-17)7-6-12-22(20,4)5/h8,10,13-15,18,20,23H,6-7,9,11-12H2,1-5H3,(H,24,25). The molecule has 2 aliphatic carbocycles. The molecule has 1 aromatic carbocycles. The molecule has 0 aromatic heterocycles. The van der Waals surface area contributed by atoms with Crippen LogP contribution in [0.2, 0.25) is 0 Å². The van der Waals surface area contributed by atoms with Crippen molar-refractivity contribution in [2.45, 2.75) is 84.7 Å². The van der Waals surface area contributed by atoms with Gasteiger partial charge < -0.3 is 10.6 Å². The van der Waals surface area contributed by atoms with Crippen LogP contribution in [0.3, 0.4) is 0 Å². The van der Waals surface area contributed by atoms with Crippen LogP contribution < -0.4 is 10.6 Å². The number of carbonyl (C=O) groups is 1. The van der Waals surface area contributed by atoms with Crippen LogP contribution in [0.4, 0.5) is 5.69 Å². The summed E-state index contributed by atoms with van der Waals surface area (Å²) >= 11 is 0. The highest BCUT2D eigenvalue weighted by molar-refractivity contribution is 5.94. The fourth-order valence-corrected chi connectivity index (χ4v) is 5.06. The largest absolute Gasteiger partial charge is 0.325 e. The third-order valence-corrected chi connectivity index (χ3v) is 6.34. The van der Waals surface area contributed by atoms with Gasteiger partial charge in [-0.05, 0) is 73.1 Å². The summed E-state index contributed by atoms with van der Waals surface area (Å²) in [5.74, 6) is 1.49. The lowest BCUT2D eigenvalue weighted by Crippen LogP contribution is -2.41. The molecule has 0 bridgehead atoms. The average Bonchev–Trinajstić information content (AvgIpc) is 2.53. The van der Waals surface area contributed by atoms with Crippen molar-refractivity contribution in [2.75, 3.05) is 5.32 Å². The van der Waals surface area contributed by atoms with Gasteiger partial charge in [0, 0.05) is 11.7 Å². The number of fused-ring (bicyclic) bond motifs is 3. The van der Waals surface area contributed by atoms with Gasteiger partial charge in [0.15, 0.2) is 0 Å². The zero-order valence-electron chi connectivity index (χ0n) is 16.5. The van der Waals surface area contributed by atoms with Crippen LogP contribution in [-0.4, -0.2) is 18.0 Å². The number of nitrogens with one attached hydrogen (secondary N) is 2. The maximum Gasteiger partial charge on any atom is 0.241 e. The summed E-state index contributed by atoms with van der Waals surface area (Å²) in [6, 6.07) is 6.69. The summed E-state index contributed by atoms with van der Waals surface area (Å²) in [5.41, 5.74) is 4.37. The smallest absolute Gasteiger partial charge is 0.241 e. The van der Waals surface area contributed by atoms with E-state index < -0.39 is 0 Å². The second-order valence-corrected chi connectivity index (χ2v) is 9.08. The van der Waals surface area contributed by atoms with Crippen LogP contribution in [-0.2, 0) is 11.2 Å². The SMILES string of the molecule is CC(C)NC(C)C(=O)Nc1ccc2c(c1)C1CCCC(C)(C)C1CC2. The quantitative estimate of drug-likeness (QED) is 0.820. The van der Waals surface area contributed by atoms with Crippen LogP contribution in [0.15, 0.2) is 18.2 Å². The lowest BCUT2D eigenvalue weighted by atomic mass is 9.57. The van der Waals surface area contributed by atoms with Crippen molar-refractivity contribution in [1.82, 2.24) is 5.32 Å². The molecule has 3 nitrogen and oxygen atoms in total. The van der Waals surface area contributed by atoms with Gasteiger partial charge in [-0.1, -0.05) is 40.2 Å². The molecular formula is C22H34N2O. The van der Waals surface area contributed by atoms with E-state index in [2.05, 4.69) is 56.5 Å². The lowest BCUT2D eigenvalue weighted by molar-refractivity contribution is -0.117. The Morgan fingerprint density at radius 3 is 2.68 bits per heavy atom. The van der Waals surface area contributed by atoms with Gasteiger partial charge in [0.1, 0.15) is 0 Å². The lowest BCUT2D eigenvalue weighted by Gasteiger charge is -2.47. The second kappa shape index (κ2) is 7.11. The van der Waals surface area contributed by atoms with Crippen molar-refractivity contribution in [3.05, 3.63) is 29.3 Å². The van der Waals surface area contributed by atoms with E-state index in [9.17, 15) is 4.79 Å². The Kier molecular flexibility index (Phi) is 5.24. The van der Waals surface area contributed by atoms with E-state index in [0.29, 0.717) is 17.4 Å². The molecule has 3 rings (SSSR count). The molecule has 25 heavy (non-hydrogen) atoms. The second-order valence-electron chi connectivity index (χ2n) is 9.08. The number of amides is 1. The van der Waals surface area contributed by atoms with Gasteiger partial charge in [-0.2, -0.15) is 0 Å². The van der Waals surface area contributed by atoms with Gasteiger partial charge in [-0.15, -0.1) is 0 Å². The number of hydrogen-bond donors (Lipinski definition) is 2. The maximum absolute atomic E-state index is 12.4. The first kappa shape index (κ1) is 18.4. The molecule has 1 aromatic rings. The molecule has 3 unspecified atom stereocenters. The van der Waals surface area contributed by atoms with Gasteiger partial charge in [0.05, 0.1) is 6.04 Å². The Balaban J connectivity index is 1.79. The van der Waals surface area contributed by atoms with Crippen LogP contribution in [0, 0.1) is 11.3 Å². The Morgan fingerprint density at radius 2 is 1.96 bits per heavy atom. The first-order valence-corrected chi connectivity index (χ1v) is 9.97. The van der Waals surface area contributed by atoms with Crippen molar-refractivity contribution >= 4 is 11.6 Å². The number of benzene rings is 1. The third-order valence-electron chi connectivity index (χ3n) is 6.34. The highest BCUT2D eigenvalue weighted by Crippen LogP contribution is 2.53. The molecule has 1 amide bonds. The maximum atomic E-state index is 12.4. The zero-order chi connectivity index (χ0) is 18.2. The Hall–Kier alpha value is -1.35. The Bertz CT molecular complexity index is 635. The summed E-state index contributed by atoms with van der Waals surface area (Å²) in [5, 5.41) is 6.38.